The number of likely N-dealkylation sites (tertiary alicyclic amines) is 1. The van der Waals surface area contributed by atoms with Crippen molar-refractivity contribution in [2.24, 2.45) is 10.9 Å². The fraction of sp³-hybridized carbons (Fsp3) is 0.360. The van der Waals surface area contributed by atoms with Gasteiger partial charge in [0.25, 0.3) is 0 Å². The second kappa shape index (κ2) is 9.16. The number of piperidine rings is 1. The molecule has 3 aromatic rings. The molecule has 0 spiro atoms. The highest BCUT2D eigenvalue weighted by molar-refractivity contribution is 5.99. The Kier molecular flexibility index (Phi) is 6.17. The number of aryl methyl sites for hydroxylation is 1. The van der Waals surface area contributed by atoms with E-state index in [2.05, 4.69) is 45.0 Å². The summed E-state index contributed by atoms with van der Waals surface area (Å²) in [5.41, 5.74) is 4.40. The molecule has 1 aliphatic rings. The predicted molar refractivity (Wildman–Crippen MR) is 121 cm³/mol. The Hall–Kier alpha value is -3.08. The molecule has 2 atom stereocenters. The van der Waals surface area contributed by atoms with Crippen molar-refractivity contribution in [2.75, 3.05) is 20.1 Å². The van der Waals surface area contributed by atoms with Crippen LogP contribution in [0.5, 0.6) is 0 Å². The highest BCUT2D eigenvalue weighted by Gasteiger charge is 2.29. The van der Waals surface area contributed by atoms with Gasteiger partial charge in [-0.05, 0) is 42.0 Å². The van der Waals surface area contributed by atoms with Gasteiger partial charge in [0.05, 0.1) is 5.52 Å². The number of hydrogen-bond acceptors (Lipinski definition) is 4. The van der Waals surface area contributed by atoms with E-state index in [4.69, 9.17) is 0 Å². The molecule has 0 aliphatic carbocycles. The van der Waals surface area contributed by atoms with E-state index in [1.807, 2.05) is 36.8 Å². The summed E-state index contributed by atoms with van der Waals surface area (Å²) in [5.74, 6) is 1.01. The van der Waals surface area contributed by atoms with Gasteiger partial charge in [-0.15, -0.1) is 0 Å². The summed E-state index contributed by atoms with van der Waals surface area (Å²) in [6.07, 6.45) is 9.64. The van der Waals surface area contributed by atoms with Crippen LogP contribution in [-0.2, 0) is 11.2 Å². The van der Waals surface area contributed by atoms with E-state index >= 15 is 0 Å². The summed E-state index contributed by atoms with van der Waals surface area (Å²) in [6, 6.07) is 12.4. The maximum absolute atomic E-state index is 13.0. The van der Waals surface area contributed by atoms with Crippen LogP contribution in [0.25, 0.3) is 10.9 Å². The van der Waals surface area contributed by atoms with E-state index in [0.717, 1.165) is 48.0 Å². The van der Waals surface area contributed by atoms with Gasteiger partial charge < -0.3 is 4.90 Å². The Morgan fingerprint density at radius 3 is 2.87 bits per heavy atom. The summed E-state index contributed by atoms with van der Waals surface area (Å²) >= 11 is 0. The Balaban J connectivity index is 1.55. The standard InChI is InChI=1S/C25H28N4O/c1-18-13-21(17-29(16-18)24(30)10-7-19-5-3-11-27-14-19)22-9-8-20(15-26-2)25-23(22)6-4-12-28-25/h3-6,8-9,11-12,14-15,18,21H,7,10,13,16-17H2,1-2H3/t18-,21+/m1/s1. The summed E-state index contributed by atoms with van der Waals surface area (Å²) in [7, 11) is 1.78. The molecule has 1 aliphatic heterocycles. The summed E-state index contributed by atoms with van der Waals surface area (Å²) in [4.78, 5) is 28.0. The number of amides is 1. The smallest absolute Gasteiger partial charge is 0.222 e. The van der Waals surface area contributed by atoms with Gasteiger partial charge in [-0.3, -0.25) is 19.8 Å². The average Bonchev–Trinajstić information content (AvgIpc) is 2.78. The molecule has 0 unspecified atom stereocenters. The van der Waals surface area contributed by atoms with Gasteiger partial charge in [0.2, 0.25) is 5.91 Å². The highest BCUT2D eigenvalue weighted by atomic mass is 16.2. The topological polar surface area (TPSA) is 58.5 Å². The number of aliphatic imine (C=N–C) groups is 1. The lowest BCUT2D eigenvalue weighted by atomic mass is 9.83. The van der Waals surface area contributed by atoms with E-state index < -0.39 is 0 Å². The van der Waals surface area contributed by atoms with Crippen LogP contribution in [-0.4, -0.2) is 47.1 Å². The number of fused-ring (bicyclic) bond motifs is 1. The van der Waals surface area contributed by atoms with Crippen molar-refractivity contribution in [3.05, 3.63) is 71.7 Å². The van der Waals surface area contributed by atoms with Crippen LogP contribution in [0.2, 0.25) is 0 Å². The number of hydrogen-bond donors (Lipinski definition) is 0. The third kappa shape index (κ3) is 4.40. The molecule has 5 nitrogen and oxygen atoms in total. The van der Waals surface area contributed by atoms with E-state index in [9.17, 15) is 4.79 Å². The zero-order valence-electron chi connectivity index (χ0n) is 17.7. The SMILES string of the molecule is CN=Cc1ccc([C@H]2C[C@@H](C)CN(C(=O)CCc3cccnc3)C2)c2cccnc12. The zero-order valence-corrected chi connectivity index (χ0v) is 17.7. The van der Waals surface area contributed by atoms with Gasteiger partial charge in [0.15, 0.2) is 0 Å². The molecular weight excluding hydrogens is 372 g/mol. The van der Waals surface area contributed by atoms with Crippen molar-refractivity contribution in [2.45, 2.75) is 32.1 Å². The first-order valence-electron chi connectivity index (χ1n) is 10.6. The first-order valence-corrected chi connectivity index (χ1v) is 10.6. The zero-order chi connectivity index (χ0) is 20.9. The van der Waals surface area contributed by atoms with Crippen molar-refractivity contribution >= 4 is 23.0 Å². The quantitative estimate of drug-likeness (QED) is 0.601. The Labute approximate surface area is 177 Å². The lowest BCUT2D eigenvalue weighted by Crippen LogP contribution is -2.42. The fourth-order valence-corrected chi connectivity index (χ4v) is 4.55. The van der Waals surface area contributed by atoms with Gasteiger partial charge >= 0.3 is 0 Å². The molecule has 2 aromatic heterocycles. The number of benzene rings is 1. The number of pyridine rings is 2. The normalized spacial score (nSPS) is 19.5. The van der Waals surface area contributed by atoms with Crippen molar-refractivity contribution in [3.63, 3.8) is 0 Å². The maximum Gasteiger partial charge on any atom is 0.222 e. The third-order valence-corrected chi connectivity index (χ3v) is 5.91. The molecule has 154 valence electrons. The van der Waals surface area contributed by atoms with Crippen molar-refractivity contribution in [1.29, 1.82) is 0 Å². The van der Waals surface area contributed by atoms with Crippen LogP contribution in [0.15, 0.2) is 60.0 Å². The van der Waals surface area contributed by atoms with Crippen LogP contribution in [0, 0.1) is 5.92 Å². The van der Waals surface area contributed by atoms with Crippen LogP contribution < -0.4 is 0 Å². The molecule has 0 bridgehead atoms. The Morgan fingerprint density at radius 2 is 2.07 bits per heavy atom. The molecule has 1 aromatic carbocycles. The van der Waals surface area contributed by atoms with Gasteiger partial charge in [-0.25, -0.2) is 0 Å². The first kappa shape index (κ1) is 20.2. The maximum atomic E-state index is 13.0. The summed E-state index contributed by atoms with van der Waals surface area (Å²) in [6.45, 7) is 3.84. The highest BCUT2D eigenvalue weighted by Crippen LogP contribution is 2.35. The summed E-state index contributed by atoms with van der Waals surface area (Å²) in [5, 5.41) is 1.16. The van der Waals surface area contributed by atoms with Crippen LogP contribution in [0.4, 0.5) is 0 Å². The number of nitrogens with zero attached hydrogens (tertiary/aromatic N) is 4. The molecule has 3 heterocycles. The van der Waals surface area contributed by atoms with Crippen molar-refractivity contribution in [1.82, 2.24) is 14.9 Å². The van der Waals surface area contributed by atoms with Gasteiger partial charge in [-0.1, -0.05) is 31.2 Å². The lowest BCUT2D eigenvalue weighted by molar-refractivity contribution is -0.133. The predicted octanol–water partition coefficient (Wildman–Crippen LogP) is 4.26. The molecule has 4 rings (SSSR count). The molecule has 1 saturated heterocycles. The van der Waals surface area contributed by atoms with E-state index in [1.165, 1.54) is 5.56 Å². The lowest BCUT2D eigenvalue weighted by Gasteiger charge is -2.37. The monoisotopic (exact) mass is 400 g/mol. The number of carbonyl (C=O) groups is 1. The van der Waals surface area contributed by atoms with E-state index in [0.29, 0.717) is 18.3 Å². The largest absolute Gasteiger partial charge is 0.342 e. The average molecular weight is 401 g/mol. The fourth-order valence-electron chi connectivity index (χ4n) is 4.55. The third-order valence-electron chi connectivity index (χ3n) is 5.91. The van der Waals surface area contributed by atoms with Crippen LogP contribution >= 0.6 is 0 Å². The van der Waals surface area contributed by atoms with Crippen molar-refractivity contribution < 1.29 is 4.79 Å². The molecule has 0 radical (unpaired) electrons. The van der Waals surface area contributed by atoms with Crippen LogP contribution in [0.3, 0.4) is 0 Å². The molecule has 1 fully saturated rings. The molecule has 30 heavy (non-hydrogen) atoms. The first-order chi connectivity index (χ1) is 14.7. The second-order valence-electron chi connectivity index (χ2n) is 8.23. The number of aromatic nitrogens is 2. The van der Waals surface area contributed by atoms with Gasteiger partial charge in [0, 0.05) is 68.2 Å². The minimum absolute atomic E-state index is 0.229. The van der Waals surface area contributed by atoms with Gasteiger partial charge in [-0.2, -0.15) is 0 Å². The van der Waals surface area contributed by atoms with Gasteiger partial charge in [0.1, 0.15) is 0 Å². The minimum atomic E-state index is 0.229. The Bertz CT molecular complexity index is 1050. The molecule has 0 saturated carbocycles. The van der Waals surface area contributed by atoms with E-state index in [1.54, 1.807) is 13.2 Å². The molecule has 0 N–H and O–H groups in total. The van der Waals surface area contributed by atoms with Crippen LogP contribution in [0.1, 0.15) is 42.4 Å². The number of carbonyl (C=O) groups excluding carboxylic acids is 1. The van der Waals surface area contributed by atoms with E-state index in [-0.39, 0.29) is 5.91 Å². The second-order valence-corrected chi connectivity index (χ2v) is 8.23. The Morgan fingerprint density at radius 1 is 1.20 bits per heavy atom. The molecule has 5 heteroatoms. The number of rotatable bonds is 5. The van der Waals surface area contributed by atoms with Crippen molar-refractivity contribution in [3.8, 4) is 0 Å². The summed E-state index contributed by atoms with van der Waals surface area (Å²) < 4.78 is 0. The minimum Gasteiger partial charge on any atom is -0.342 e. The molecular formula is C25H28N4O. The molecule has 1 amide bonds.